The molecule has 0 saturated carbocycles. The molecule has 110 valence electrons. The molecule has 2 aliphatic heterocycles. The van der Waals surface area contributed by atoms with Gasteiger partial charge in [0.2, 0.25) is 5.91 Å². The van der Waals surface area contributed by atoms with Crippen molar-refractivity contribution in [2.45, 2.75) is 45.6 Å². The smallest absolute Gasteiger partial charge is 0.225 e. The fraction of sp³-hybridized carbons (Fsp3) is 0.933. The summed E-state index contributed by atoms with van der Waals surface area (Å²) in [5.74, 6) is 0.593. The number of hydrogen-bond acceptors (Lipinski definition) is 3. The quantitative estimate of drug-likeness (QED) is 0.778. The van der Waals surface area contributed by atoms with Crippen LogP contribution in [0, 0.1) is 5.92 Å². The predicted octanol–water partition coefficient (Wildman–Crippen LogP) is 1.75. The van der Waals surface area contributed by atoms with Crippen LogP contribution in [0.5, 0.6) is 0 Å². The van der Waals surface area contributed by atoms with Crippen molar-refractivity contribution in [2.24, 2.45) is 5.92 Å². The lowest BCUT2D eigenvalue weighted by Gasteiger charge is -2.27. The third kappa shape index (κ3) is 3.69. The van der Waals surface area contributed by atoms with Crippen molar-refractivity contribution < 1.29 is 9.53 Å². The molecule has 1 unspecified atom stereocenters. The van der Waals surface area contributed by atoms with Crippen LogP contribution in [0.25, 0.3) is 0 Å². The number of hydrogen-bond donors (Lipinski definition) is 0. The lowest BCUT2D eigenvalue weighted by Crippen LogP contribution is -2.41. The predicted molar refractivity (Wildman–Crippen MR) is 76.1 cm³/mol. The Morgan fingerprint density at radius 2 is 2.00 bits per heavy atom. The van der Waals surface area contributed by atoms with Crippen molar-refractivity contribution in [3.8, 4) is 0 Å². The second-order valence-corrected chi connectivity index (χ2v) is 5.75. The molecule has 0 aromatic rings. The molecule has 4 heteroatoms. The topological polar surface area (TPSA) is 32.8 Å². The average Bonchev–Trinajstić information content (AvgIpc) is 2.84. The molecular formula is C15H28N2O2. The Kier molecular flexibility index (Phi) is 5.64. The third-order valence-corrected chi connectivity index (χ3v) is 4.60. The van der Waals surface area contributed by atoms with Crippen molar-refractivity contribution >= 4 is 5.91 Å². The molecule has 0 aromatic heterocycles. The van der Waals surface area contributed by atoms with E-state index in [1.807, 2.05) is 0 Å². The van der Waals surface area contributed by atoms with Gasteiger partial charge in [-0.1, -0.05) is 13.8 Å². The highest BCUT2D eigenvalue weighted by Crippen LogP contribution is 2.17. The SMILES string of the molecule is CCC(CC)C(=O)N1CCCN(C2CCOC2)CC1. The van der Waals surface area contributed by atoms with Gasteiger partial charge in [-0.25, -0.2) is 0 Å². The zero-order chi connectivity index (χ0) is 13.7. The molecular weight excluding hydrogens is 240 g/mol. The van der Waals surface area contributed by atoms with E-state index in [0.717, 1.165) is 65.1 Å². The molecule has 0 aliphatic carbocycles. The monoisotopic (exact) mass is 268 g/mol. The largest absolute Gasteiger partial charge is 0.380 e. The second kappa shape index (κ2) is 7.25. The Balaban J connectivity index is 1.87. The highest BCUT2D eigenvalue weighted by atomic mass is 16.5. The van der Waals surface area contributed by atoms with E-state index in [2.05, 4.69) is 23.6 Å². The first-order chi connectivity index (χ1) is 9.26. The first-order valence-corrected chi connectivity index (χ1v) is 7.86. The first-order valence-electron chi connectivity index (χ1n) is 7.86. The lowest BCUT2D eigenvalue weighted by molar-refractivity contribution is -0.135. The maximum Gasteiger partial charge on any atom is 0.225 e. The van der Waals surface area contributed by atoms with Gasteiger partial charge in [-0.05, 0) is 25.7 Å². The van der Waals surface area contributed by atoms with Crippen LogP contribution in [0.1, 0.15) is 39.5 Å². The zero-order valence-electron chi connectivity index (χ0n) is 12.4. The highest BCUT2D eigenvalue weighted by Gasteiger charge is 2.28. The number of carbonyl (C=O) groups excluding carboxylic acids is 1. The van der Waals surface area contributed by atoms with E-state index in [1.165, 1.54) is 0 Å². The molecule has 2 rings (SSSR count). The van der Waals surface area contributed by atoms with Gasteiger partial charge in [0, 0.05) is 44.7 Å². The Morgan fingerprint density at radius 1 is 1.21 bits per heavy atom. The summed E-state index contributed by atoms with van der Waals surface area (Å²) in [5, 5.41) is 0. The van der Waals surface area contributed by atoms with E-state index >= 15 is 0 Å². The van der Waals surface area contributed by atoms with Crippen molar-refractivity contribution in [3.63, 3.8) is 0 Å². The van der Waals surface area contributed by atoms with Crippen LogP contribution in [-0.2, 0) is 9.53 Å². The molecule has 2 heterocycles. The minimum Gasteiger partial charge on any atom is -0.380 e. The van der Waals surface area contributed by atoms with Gasteiger partial charge in [-0.15, -0.1) is 0 Å². The van der Waals surface area contributed by atoms with Crippen LogP contribution < -0.4 is 0 Å². The summed E-state index contributed by atoms with van der Waals surface area (Å²) in [4.78, 5) is 17.0. The molecule has 0 N–H and O–H groups in total. The van der Waals surface area contributed by atoms with Crippen molar-refractivity contribution in [2.75, 3.05) is 39.4 Å². The van der Waals surface area contributed by atoms with Gasteiger partial charge in [0.15, 0.2) is 0 Å². The van der Waals surface area contributed by atoms with E-state index in [9.17, 15) is 4.79 Å². The van der Waals surface area contributed by atoms with E-state index in [1.54, 1.807) is 0 Å². The summed E-state index contributed by atoms with van der Waals surface area (Å²) in [6.45, 7) is 9.96. The van der Waals surface area contributed by atoms with Gasteiger partial charge < -0.3 is 9.64 Å². The molecule has 0 bridgehead atoms. The normalized spacial score (nSPS) is 25.8. The molecule has 2 saturated heterocycles. The highest BCUT2D eigenvalue weighted by molar-refractivity contribution is 5.78. The Labute approximate surface area is 117 Å². The van der Waals surface area contributed by atoms with Gasteiger partial charge in [0.25, 0.3) is 0 Å². The maximum absolute atomic E-state index is 12.4. The number of carbonyl (C=O) groups is 1. The van der Waals surface area contributed by atoms with Crippen LogP contribution in [0.4, 0.5) is 0 Å². The summed E-state index contributed by atoms with van der Waals surface area (Å²) in [6, 6.07) is 0.586. The molecule has 1 amide bonds. The standard InChI is InChI=1S/C15H28N2O2/c1-3-13(4-2)15(18)17-8-5-7-16(9-10-17)14-6-11-19-12-14/h13-14H,3-12H2,1-2H3. The Morgan fingerprint density at radius 3 is 2.63 bits per heavy atom. The number of ether oxygens (including phenoxy) is 1. The van der Waals surface area contributed by atoms with Crippen molar-refractivity contribution in [1.29, 1.82) is 0 Å². The van der Waals surface area contributed by atoms with E-state index in [-0.39, 0.29) is 5.92 Å². The first kappa shape index (κ1) is 14.8. The minimum absolute atomic E-state index is 0.223. The van der Waals surface area contributed by atoms with Crippen LogP contribution in [0.2, 0.25) is 0 Å². The lowest BCUT2D eigenvalue weighted by atomic mass is 10.0. The van der Waals surface area contributed by atoms with E-state index < -0.39 is 0 Å². The third-order valence-electron chi connectivity index (χ3n) is 4.60. The summed E-state index contributed by atoms with van der Waals surface area (Å²) in [7, 11) is 0. The van der Waals surface area contributed by atoms with Gasteiger partial charge >= 0.3 is 0 Å². The molecule has 1 atom stereocenters. The molecule has 0 aromatic carbocycles. The van der Waals surface area contributed by atoms with Gasteiger partial charge in [-0.2, -0.15) is 0 Å². The summed E-state index contributed by atoms with van der Waals surface area (Å²) in [5.41, 5.74) is 0. The van der Waals surface area contributed by atoms with Crippen LogP contribution in [0.15, 0.2) is 0 Å². The Hall–Kier alpha value is -0.610. The number of rotatable bonds is 4. The second-order valence-electron chi connectivity index (χ2n) is 5.75. The summed E-state index contributed by atoms with van der Waals surface area (Å²) in [6.07, 6.45) is 4.18. The van der Waals surface area contributed by atoms with Crippen molar-refractivity contribution in [1.82, 2.24) is 9.80 Å². The zero-order valence-corrected chi connectivity index (χ0v) is 12.4. The minimum atomic E-state index is 0.223. The molecule has 2 aliphatic rings. The van der Waals surface area contributed by atoms with Gasteiger partial charge in [0.1, 0.15) is 0 Å². The fourth-order valence-corrected chi connectivity index (χ4v) is 3.23. The van der Waals surface area contributed by atoms with Crippen LogP contribution >= 0.6 is 0 Å². The molecule has 4 nitrogen and oxygen atoms in total. The van der Waals surface area contributed by atoms with Crippen LogP contribution in [-0.4, -0.2) is 61.1 Å². The van der Waals surface area contributed by atoms with Gasteiger partial charge in [-0.3, -0.25) is 9.69 Å². The average molecular weight is 268 g/mol. The molecule has 0 radical (unpaired) electrons. The van der Waals surface area contributed by atoms with E-state index in [0.29, 0.717) is 11.9 Å². The van der Waals surface area contributed by atoms with Gasteiger partial charge in [0.05, 0.1) is 6.61 Å². The fourth-order valence-electron chi connectivity index (χ4n) is 3.23. The summed E-state index contributed by atoms with van der Waals surface area (Å²) < 4.78 is 5.48. The Bertz CT molecular complexity index is 286. The molecule has 2 fully saturated rings. The summed E-state index contributed by atoms with van der Waals surface area (Å²) >= 11 is 0. The van der Waals surface area contributed by atoms with Crippen LogP contribution in [0.3, 0.4) is 0 Å². The molecule has 19 heavy (non-hydrogen) atoms. The molecule has 0 spiro atoms. The van der Waals surface area contributed by atoms with E-state index in [4.69, 9.17) is 4.74 Å². The number of nitrogens with zero attached hydrogens (tertiary/aromatic N) is 2. The maximum atomic E-state index is 12.4. The number of amides is 1. The van der Waals surface area contributed by atoms with Crippen molar-refractivity contribution in [3.05, 3.63) is 0 Å².